The van der Waals surface area contributed by atoms with Crippen LogP contribution in [0, 0.1) is 17.3 Å². The zero-order valence-corrected chi connectivity index (χ0v) is 19.3. The first-order valence-electron chi connectivity index (χ1n) is 10.5. The fraction of sp³-hybridized carbons (Fsp3) is 0.682. The van der Waals surface area contributed by atoms with Gasteiger partial charge in [0.1, 0.15) is 0 Å². The van der Waals surface area contributed by atoms with Gasteiger partial charge in [-0.1, -0.05) is 43.1 Å². The number of aliphatic hydroxyl groups excluding tert-OH is 1. The maximum Gasteiger partial charge on any atom is 0.191 e. The summed E-state index contributed by atoms with van der Waals surface area (Å²) in [5.41, 5.74) is 1.06. The van der Waals surface area contributed by atoms with Crippen LogP contribution in [0.25, 0.3) is 0 Å². The SMILES string of the molecule is CCNC(=NCC1(CCO)CCOC1)NCC(Cc1ccc(Cl)cc1Cl)C(C)C. The largest absolute Gasteiger partial charge is 0.396 e. The Morgan fingerprint density at radius 2 is 2.10 bits per heavy atom. The molecule has 0 amide bonds. The van der Waals surface area contributed by atoms with Crippen LogP contribution in [0.15, 0.2) is 23.2 Å². The van der Waals surface area contributed by atoms with Crippen molar-refractivity contribution in [1.82, 2.24) is 10.6 Å². The molecule has 1 aromatic carbocycles. The second kappa shape index (κ2) is 12.0. The Labute approximate surface area is 185 Å². The summed E-state index contributed by atoms with van der Waals surface area (Å²) in [5.74, 6) is 1.70. The number of aliphatic hydroxyl groups is 1. The number of benzene rings is 1. The summed E-state index contributed by atoms with van der Waals surface area (Å²) in [4.78, 5) is 4.81. The molecular formula is C22H35Cl2N3O2. The fourth-order valence-corrected chi connectivity index (χ4v) is 4.10. The van der Waals surface area contributed by atoms with E-state index in [4.69, 9.17) is 32.9 Å². The Morgan fingerprint density at radius 1 is 1.31 bits per heavy atom. The third kappa shape index (κ3) is 7.63. The molecule has 29 heavy (non-hydrogen) atoms. The van der Waals surface area contributed by atoms with Crippen molar-refractivity contribution in [3.8, 4) is 0 Å². The molecule has 1 saturated heterocycles. The van der Waals surface area contributed by atoms with E-state index in [2.05, 4.69) is 31.4 Å². The molecule has 0 radical (unpaired) electrons. The maximum atomic E-state index is 9.42. The zero-order chi connectivity index (χ0) is 21.3. The number of nitrogens with one attached hydrogen (secondary N) is 2. The molecule has 0 aromatic heterocycles. The second-order valence-corrected chi connectivity index (χ2v) is 9.14. The maximum absolute atomic E-state index is 9.42. The van der Waals surface area contributed by atoms with Crippen LogP contribution in [0.3, 0.4) is 0 Å². The smallest absolute Gasteiger partial charge is 0.191 e. The molecule has 0 saturated carbocycles. The van der Waals surface area contributed by atoms with Gasteiger partial charge in [0, 0.05) is 41.8 Å². The van der Waals surface area contributed by atoms with Crippen LogP contribution in [0.5, 0.6) is 0 Å². The molecule has 5 nitrogen and oxygen atoms in total. The molecule has 1 fully saturated rings. The minimum absolute atomic E-state index is 0.0502. The van der Waals surface area contributed by atoms with Gasteiger partial charge < -0.3 is 20.5 Å². The van der Waals surface area contributed by atoms with Crippen LogP contribution in [0.2, 0.25) is 10.0 Å². The van der Waals surface area contributed by atoms with Crippen molar-refractivity contribution >= 4 is 29.2 Å². The van der Waals surface area contributed by atoms with Crippen LogP contribution >= 0.6 is 23.2 Å². The van der Waals surface area contributed by atoms with Gasteiger partial charge in [0.25, 0.3) is 0 Å². The van der Waals surface area contributed by atoms with Crippen LogP contribution in [-0.4, -0.2) is 50.5 Å². The molecule has 164 valence electrons. The molecule has 1 aliphatic rings. The van der Waals surface area contributed by atoms with Crippen LogP contribution in [0.1, 0.15) is 39.2 Å². The van der Waals surface area contributed by atoms with Crippen molar-refractivity contribution in [1.29, 1.82) is 0 Å². The number of hydrogen-bond acceptors (Lipinski definition) is 3. The third-order valence-corrected chi connectivity index (χ3v) is 6.30. The number of halogens is 2. The first-order valence-corrected chi connectivity index (χ1v) is 11.3. The van der Waals surface area contributed by atoms with Gasteiger partial charge in [-0.3, -0.25) is 4.99 Å². The fourth-order valence-electron chi connectivity index (χ4n) is 3.62. The highest BCUT2D eigenvalue weighted by Crippen LogP contribution is 2.32. The standard InChI is InChI=1S/C22H35Cl2N3O2/c1-4-25-21(27-14-22(7-9-28)8-10-29-15-22)26-13-18(16(2)3)11-17-5-6-19(23)12-20(17)24/h5-6,12,16,18,28H,4,7-11,13-15H2,1-3H3,(H2,25,26,27). The average Bonchev–Trinajstić information content (AvgIpc) is 3.13. The molecule has 7 heteroatoms. The molecule has 1 heterocycles. The summed E-state index contributed by atoms with van der Waals surface area (Å²) in [5, 5.41) is 17.6. The summed E-state index contributed by atoms with van der Waals surface area (Å²) in [6, 6.07) is 5.71. The summed E-state index contributed by atoms with van der Waals surface area (Å²) < 4.78 is 5.58. The lowest BCUT2D eigenvalue weighted by molar-refractivity contribution is 0.131. The number of aliphatic imine (C=N–C) groups is 1. The first-order chi connectivity index (χ1) is 13.9. The van der Waals surface area contributed by atoms with E-state index in [-0.39, 0.29) is 12.0 Å². The first kappa shape index (κ1) is 24.3. The summed E-state index contributed by atoms with van der Waals surface area (Å²) in [6.45, 7) is 10.3. The van der Waals surface area contributed by atoms with Gasteiger partial charge in [0.05, 0.1) is 13.2 Å². The lowest BCUT2D eigenvalue weighted by Gasteiger charge is -2.26. The van der Waals surface area contributed by atoms with Crippen LogP contribution in [-0.2, 0) is 11.2 Å². The number of ether oxygens (including phenoxy) is 1. The van der Waals surface area contributed by atoms with Gasteiger partial charge in [0.15, 0.2) is 5.96 Å². The Bertz CT molecular complexity index is 661. The molecule has 1 aliphatic heterocycles. The molecule has 0 bridgehead atoms. The van der Waals surface area contributed by atoms with Crippen molar-refractivity contribution in [2.24, 2.45) is 22.2 Å². The molecule has 0 aliphatic carbocycles. The van der Waals surface area contributed by atoms with Gasteiger partial charge in [-0.25, -0.2) is 0 Å². The predicted molar refractivity (Wildman–Crippen MR) is 122 cm³/mol. The highest BCUT2D eigenvalue weighted by molar-refractivity contribution is 6.35. The highest BCUT2D eigenvalue weighted by atomic mass is 35.5. The quantitative estimate of drug-likeness (QED) is 0.375. The number of nitrogens with zero attached hydrogens (tertiary/aromatic N) is 1. The van der Waals surface area contributed by atoms with E-state index in [9.17, 15) is 5.11 Å². The van der Waals surface area contributed by atoms with Crippen molar-refractivity contribution < 1.29 is 9.84 Å². The molecule has 2 atom stereocenters. The Morgan fingerprint density at radius 3 is 2.69 bits per heavy atom. The Kier molecular flexibility index (Phi) is 10.0. The van der Waals surface area contributed by atoms with Gasteiger partial charge in [-0.05, 0) is 55.7 Å². The van der Waals surface area contributed by atoms with E-state index in [1.54, 1.807) is 6.07 Å². The van der Waals surface area contributed by atoms with E-state index >= 15 is 0 Å². The lowest BCUT2D eigenvalue weighted by Crippen LogP contribution is -2.42. The van der Waals surface area contributed by atoms with Crippen molar-refractivity contribution in [3.05, 3.63) is 33.8 Å². The lowest BCUT2D eigenvalue weighted by atomic mass is 9.84. The van der Waals surface area contributed by atoms with E-state index in [1.165, 1.54) is 0 Å². The number of guanidine groups is 1. The molecule has 3 N–H and O–H groups in total. The normalized spacial score (nSPS) is 20.9. The van der Waals surface area contributed by atoms with Gasteiger partial charge in [0.2, 0.25) is 0 Å². The average molecular weight is 444 g/mol. The summed E-state index contributed by atoms with van der Waals surface area (Å²) in [7, 11) is 0. The Balaban J connectivity index is 2.01. The summed E-state index contributed by atoms with van der Waals surface area (Å²) >= 11 is 12.4. The second-order valence-electron chi connectivity index (χ2n) is 8.30. The monoisotopic (exact) mass is 443 g/mol. The van der Waals surface area contributed by atoms with Gasteiger partial charge >= 0.3 is 0 Å². The van der Waals surface area contributed by atoms with E-state index in [1.807, 2.05) is 12.1 Å². The third-order valence-electron chi connectivity index (χ3n) is 5.72. The van der Waals surface area contributed by atoms with Crippen molar-refractivity contribution in [2.45, 2.75) is 40.0 Å². The van der Waals surface area contributed by atoms with E-state index in [0.717, 1.165) is 55.5 Å². The topological polar surface area (TPSA) is 65.9 Å². The summed E-state index contributed by atoms with van der Waals surface area (Å²) in [6.07, 6.45) is 2.54. The Hall–Kier alpha value is -1.01. The van der Waals surface area contributed by atoms with Crippen LogP contribution < -0.4 is 10.6 Å². The van der Waals surface area contributed by atoms with Crippen LogP contribution in [0.4, 0.5) is 0 Å². The highest BCUT2D eigenvalue weighted by Gasteiger charge is 2.34. The number of hydrogen-bond donors (Lipinski definition) is 3. The molecule has 2 unspecified atom stereocenters. The van der Waals surface area contributed by atoms with E-state index < -0.39 is 0 Å². The van der Waals surface area contributed by atoms with E-state index in [0.29, 0.717) is 30.0 Å². The van der Waals surface area contributed by atoms with Gasteiger partial charge in [-0.2, -0.15) is 0 Å². The van der Waals surface area contributed by atoms with Gasteiger partial charge in [-0.15, -0.1) is 0 Å². The predicted octanol–water partition coefficient (Wildman–Crippen LogP) is 4.15. The molecule has 0 spiro atoms. The molecular weight excluding hydrogens is 409 g/mol. The van der Waals surface area contributed by atoms with Crippen molar-refractivity contribution in [2.75, 3.05) is 39.5 Å². The number of rotatable bonds is 10. The molecule has 1 aromatic rings. The van der Waals surface area contributed by atoms with Crippen molar-refractivity contribution in [3.63, 3.8) is 0 Å². The zero-order valence-electron chi connectivity index (χ0n) is 17.8. The minimum atomic E-state index is -0.0502. The minimum Gasteiger partial charge on any atom is -0.396 e. The molecule has 2 rings (SSSR count).